The van der Waals surface area contributed by atoms with Crippen LogP contribution >= 0.6 is 0 Å². The molecular formula is C30H35N5O4. The van der Waals surface area contributed by atoms with Gasteiger partial charge in [-0.3, -0.25) is 9.89 Å². The average Bonchev–Trinajstić information content (AvgIpc) is 3.68. The second-order valence-corrected chi connectivity index (χ2v) is 10.1. The summed E-state index contributed by atoms with van der Waals surface area (Å²) in [6, 6.07) is 13.3. The summed E-state index contributed by atoms with van der Waals surface area (Å²) >= 11 is 0. The molecule has 0 fully saturated rings. The van der Waals surface area contributed by atoms with Gasteiger partial charge in [-0.05, 0) is 60.7 Å². The summed E-state index contributed by atoms with van der Waals surface area (Å²) in [5.41, 5.74) is 3.98. The number of hydrogen-bond donors (Lipinski definition) is 1. The van der Waals surface area contributed by atoms with Crippen molar-refractivity contribution in [3.8, 4) is 28.5 Å². The van der Waals surface area contributed by atoms with Gasteiger partial charge in [0.25, 0.3) is 5.91 Å². The Morgan fingerprint density at radius 3 is 2.54 bits per heavy atom. The quantitative estimate of drug-likeness (QED) is 0.266. The highest BCUT2D eigenvalue weighted by atomic mass is 16.5. The van der Waals surface area contributed by atoms with Gasteiger partial charge < -0.3 is 23.7 Å². The summed E-state index contributed by atoms with van der Waals surface area (Å²) in [6.45, 7) is 6.29. The number of H-pyrrole nitrogens is 1. The van der Waals surface area contributed by atoms with Gasteiger partial charge in [-0.2, -0.15) is 5.10 Å². The molecule has 1 aliphatic heterocycles. The van der Waals surface area contributed by atoms with Crippen LogP contribution in [0.15, 0.2) is 61.2 Å². The molecule has 1 amide bonds. The number of amides is 1. The number of benzene rings is 2. The third-order valence-corrected chi connectivity index (χ3v) is 7.06. The molecule has 2 aromatic carbocycles. The van der Waals surface area contributed by atoms with Crippen LogP contribution in [0.25, 0.3) is 11.3 Å². The van der Waals surface area contributed by atoms with E-state index in [9.17, 15) is 4.79 Å². The number of aromatic amines is 1. The van der Waals surface area contributed by atoms with Crippen LogP contribution < -0.4 is 14.2 Å². The van der Waals surface area contributed by atoms with Gasteiger partial charge in [0.15, 0.2) is 11.5 Å². The van der Waals surface area contributed by atoms with E-state index in [4.69, 9.17) is 14.2 Å². The number of imidazole rings is 1. The summed E-state index contributed by atoms with van der Waals surface area (Å²) in [6.07, 6.45) is 7.22. The van der Waals surface area contributed by atoms with Gasteiger partial charge in [-0.15, -0.1) is 0 Å². The Kier molecular flexibility index (Phi) is 7.86. The van der Waals surface area contributed by atoms with Gasteiger partial charge >= 0.3 is 0 Å². The summed E-state index contributed by atoms with van der Waals surface area (Å²) in [4.78, 5) is 19.7. The highest BCUT2D eigenvalue weighted by Gasteiger charge is 2.42. The van der Waals surface area contributed by atoms with Crippen LogP contribution in [0.1, 0.15) is 54.3 Å². The first-order valence-electron chi connectivity index (χ1n) is 13.3. The lowest BCUT2D eigenvalue weighted by atomic mass is 9.95. The number of nitrogens with zero attached hydrogens (tertiary/aromatic N) is 4. The molecule has 39 heavy (non-hydrogen) atoms. The molecule has 9 heteroatoms. The smallest absolute Gasteiger partial charge is 0.273 e. The van der Waals surface area contributed by atoms with E-state index < -0.39 is 0 Å². The van der Waals surface area contributed by atoms with Crippen LogP contribution in [0.3, 0.4) is 0 Å². The lowest BCUT2D eigenvalue weighted by Crippen LogP contribution is -2.31. The van der Waals surface area contributed by atoms with Gasteiger partial charge in [-0.25, -0.2) is 4.98 Å². The highest BCUT2D eigenvalue weighted by molar-refractivity contribution is 6.00. The Hall–Kier alpha value is -4.27. The molecule has 9 nitrogen and oxygen atoms in total. The number of hydrogen-bond acceptors (Lipinski definition) is 6. The third-order valence-electron chi connectivity index (χ3n) is 7.06. The first kappa shape index (κ1) is 26.3. The monoisotopic (exact) mass is 529 g/mol. The number of ether oxygens (including phenoxy) is 3. The fourth-order valence-corrected chi connectivity index (χ4v) is 4.96. The molecule has 0 aliphatic carbocycles. The predicted molar refractivity (Wildman–Crippen MR) is 148 cm³/mol. The van der Waals surface area contributed by atoms with E-state index >= 15 is 0 Å². The largest absolute Gasteiger partial charge is 0.497 e. The number of nitrogens with one attached hydrogen (secondary N) is 1. The molecule has 1 N–H and O–H groups in total. The van der Waals surface area contributed by atoms with Crippen molar-refractivity contribution in [2.75, 3.05) is 27.4 Å². The van der Waals surface area contributed by atoms with E-state index in [1.807, 2.05) is 58.1 Å². The van der Waals surface area contributed by atoms with Crippen molar-refractivity contribution >= 4 is 5.91 Å². The number of methoxy groups -OCH3 is 2. The predicted octanol–water partition coefficient (Wildman–Crippen LogP) is 5.35. The third kappa shape index (κ3) is 5.48. The Balaban J connectivity index is 1.50. The Morgan fingerprint density at radius 2 is 1.85 bits per heavy atom. The van der Waals surface area contributed by atoms with Crippen molar-refractivity contribution < 1.29 is 19.0 Å². The normalized spacial score (nSPS) is 14.6. The number of aryl methyl sites for hydroxylation is 1. The maximum Gasteiger partial charge on any atom is 0.273 e. The molecule has 0 bridgehead atoms. The van der Waals surface area contributed by atoms with Crippen molar-refractivity contribution in [3.63, 3.8) is 0 Å². The standard InChI is InChI=1S/C30H35N5O4/c1-20(2)12-17-39-24-11-8-22(18-25(24)38-4)29-26-27(21-6-9-23(37-3)10-7-21)32-33-28(26)30(36)35(29)15-5-14-34-16-13-31-19-34/h6-11,13,16,18-20,29H,5,12,14-15,17H2,1-4H3,(H,32,33). The van der Waals surface area contributed by atoms with Gasteiger partial charge in [0.05, 0.1) is 38.9 Å². The topological polar surface area (TPSA) is 94.5 Å². The summed E-state index contributed by atoms with van der Waals surface area (Å²) in [7, 11) is 3.28. The molecular weight excluding hydrogens is 494 g/mol. The SMILES string of the molecule is COc1ccc(-c2n[nH]c3c2C(c2ccc(OCCC(C)C)c(OC)c2)N(CCCn2ccnc2)C3=O)cc1. The van der Waals surface area contributed by atoms with Gasteiger partial charge in [-0.1, -0.05) is 19.9 Å². The van der Waals surface area contributed by atoms with Crippen molar-refractivity contribution in [3.05, 3.63) is 78.0 Å². The van der Waals surface area contributed by atoms with Crippen LogP contribution in [0, 0.1) is 5.92 Å². The summed E-state index contributed by atoms with van der Waals surface area (Å²) in [5, 5.41) is 7.61. The van der Waals surface area contributed by atoms with Crippen LogP contribution in [0.2, 0.25) is 0 Å². The zero-order valence-corrected chi connectivity index (χ0v) is 22.9. The molecule has 0 saturated heterocycles. The molecule has 4 aromatic rings. The lowest BCUT2D eigenvalue weighted by molar-refractivity contribution is 0.0739. The first-order chi connectivity index (χ1) is 19.0. The fraction of sp³-hybridized carbons (Fsp3) is 0.367. The van der Waals surface area contributed by atoms with Gasteiger partial charge in [0.2, 0.25) is 0 Å². The van der Waals surface area contributed by atoms with E-state index in [1.54, 1.807) is 26.7 Å². The Morgan fingerprint density at radius 1 is 1.03 bits per heavy atom. The van der Waals surface area contributed by atoms with E-state index in [2.05, 4.69) is 29.0 Å². The number of fused-ring (bicyclic) bond motifs is 1. The molecule has 0 saturated carbocycles. The zero-order chi connectivity index (χ0) is 27.4. The number of rotatable bonds is 12. The minimum atomic E-state index is -0.329. The van der Waals surface area contributed by atoms with Crippen molar-refractivity contribution in [1.29, 1.82) is 0 Å². The van der Waals surface area contributed by atoms with Crippen molar-refractivity contribution in [2.45, 2.75) is 39.3 Å². The molecule has 1 unspecified atom stereocenters. The molecule has 204 valence electrons. The van der Waals surface area contributed by atoms with Crippen molar-refractivity contribution in [2.24, 2.45) is 5.92 Å². The van der Waals surface area contributed by atoms with E-state index in [-0.39, 0.29) is 11.9 Å². The van der Waals surface area contributed by atoms with Crippen LogP contribution in [0.4, 0.5) is 0 Å². The van der Waals surface area contributed by atoms with Crippen LogP contribution in [0.5, 0.6) is 17.2 Å². The van der Waals surface area contributed by atoms with Crippen molar-refractivity contribution in [1.82, 2.24) is 24.6 Å². The maximum absolute atomic E-state index is 13.7. The van der Waals surface area contributed by atoms with Crippen LogP contribution in [-0.4, -0.2) is 57.9 Å². The number of carbonyl (C=O) groups excluding carboxylic acids is 1. The molecule has 1 atom stereocenters. The first-order valence-corrected chi connectivity index (χ1v) is 13.3. The fourth-order valence-electron chi connectivity index (χ4n) is 4.96. The number of carbonyl (C=O) groups is 1. The lowest BCUT2D eigenvalue weighted by Gasteiger charge is -2.27. The molecule has 1 aliphatic rings. The molecule has 0 radical (unpaired) electrons. The van der Waals surface area contributed by atoms with E-state index in [0.717, 1.165) is 47.5 Å². The van der Waals surface area contributed by atoms with Gasteiger partial charge in [0, 0.05) is 36.6 Å². The summed E-state index contributed by atoms with van der Waals surface area (Å²) < 4.78 is 19.1. The zero-order valence-electron chi connectivity index (χ0n) is 22.9. The molecule has 0 spiro atoms. The Labute approximate surface area is 228 Å². The second-order valence-electron chi connectivity index (χ2n) is 10.1. The maximum atomic E-state index is 13.7. The minimum absolute atomic E-state index is 0.0656. The second kappa shape index (κ2) is 11.6. The Bertz CT molecular complexity index is 1400. The summed E-state index contributed by atoms with van der Waals surface area (Å²) in [5.74, 6) is 2.58. The average molecular weight is 530 g/mol. The number of aromatic nitrogens is 4. The van der Waals surface area contributed by atoms with E-state index in [1.165, 1.54) is 0 Å². The highest BCUT2D eigenvalue weighted by Crippen LogP contribution is 2.44. The molecule has 3 heterocycles. The van der Waals surface area contributed by atoms with Crippen LogP contribution in [-0.2, 0) is 6.54 Å². The van der Waals surface area contributed by atoms with Gasteiger partial charge in [0.1, 0.15) is 11.4 Å². The molecule has 5 rings (SSSR count). The minimum Gasteiger partial charge on any atom is -0.497 e. The molecule has 2 aromatic heterocycles. The van der Waals surface area contributed by atoms with E-state index in [0.29, 0.717) is 36.3 Å².